The number of carbonyl (C=O) groups excluding carboxylic acids is 1. The van der Waals surface area contributed by atoms with E-state index in [1.165, 1.54) is 12.1 Å². The van der Waals surface area contributed by atoms with Crippen LogP contribution in [0.3, 0.4) is 0 Å². The van der Waals surface area contributed by atoms with Gasteiger partial charge in [0.1, 0.15) is 0 Å². The van der Waals surface area contributed by atoms with E-state index in [4.69, 9.17) is 5.11 Å². The summed E-state index contributed by atoms with van der Waals surface area (Å²) < 4.78 is 0. The van der Waals surface area contributed by atoms with E-state index in [2.05, 4.69) is 5.32 Å². The number of amides is 1. The molecule has 1 atom stereocenters. The zero-order valence-corrected chi connectivity index (χ0v) is 10.9. The Labute approximate surface area is 107 Å². The van der Waals surface area contributed by atoms with Crippen molar-refractivity contribution in [1.29, 1.82) is 0 Å². The molecule has 1 unspecified atom stereocenters. The van der Waals surface area contributed by atoms with Crippen molar-refractivity contribution in [1.82, 2.24) is 5.32 Å². The lowest BCUT2D eigenvalue weighted by Gasteiger charge is -2.21. The molecule has 0 aromatic heterocycles. The Morgan fingerprint density at radius 2 is 1.78 bits per heavy atom. The van der Waals surface area contributed by atoms with Gasteiger partial charge in [-0.25, -0.2) is 4.79 Å². The van der Waals surface area contributed by atoms with Gasteiger partial charge in [0.05, 0.1) is 11.1 Å². The Hall–Kier alpha value is -1.84. The van der Waals surface area contributed by atoms with Crippen molar-refractivity contribution in [2.75, 3.05) is 0 Å². The predicted octanol–water partition coefficient (Wildman–Crippen LogP) is 2.55. The molecule has 4 heteroatoms. The van der Waals surface area contributed by atoms with E-state index in [0.717, 1.165) is 6.42 Å². The van der Waals surface area contributed by atoms with Crippen LogP contribution < -0.4 is 5.32 Å². The Bertz CT molecular complexity index is 440. The zero-order chi connectivity index (χ0) is 13.7. The standard InChI is InChI=1S/C14H19NO3/c1-4-12(9(2)3)15-13(16)10-7-5-6-8-11(10)14(17)18/h5-9,12H,4H2,1-3H3,(H,15,16)(H,17,18). The van der Waals surface area contributed by atoms with Gasteiger partial charge in [-0.05, 0) is 24.5 Å². The number of hydrogen-bond acceptors (Lipinski definition) is 2. The van der Waals surface area contributed by atoms with Gasteiger partial charge < -0.3 is 10.4 Å². The van der Waals surface area contributed by atoms with Crippen molar-refractivity contribution < 1.29 is 14.7 Å². The topological polar surface area (TPSA) is 66.4 Å². The van der Waals surface area contributed by atoms with Crippen LogP contribution in [0.15, 0.2) is 24.3 Å². The second-order valence-electron chi connectivity index (χ2n) is 4.58. The quantitative estimate of drug-likeness (QED) is 0.842. The fourth-order valence-electron chi connectivity index (χ4n) is 1.85. The summed E-state index contributed by atoms with van der Waals surface area (Å²) in [4.78, 5) is 23.1. The second kappa shape index (κ2) is 6.19. The Morgan fingerprint density at radius 3 is 2.22 bits per heavy atom. The molecule has 0 saturated heterocycles. The molecule has 2 N–H and O–H groups in total. The number of hydrogen-bond donors (Lipinski definition) is 2. The van der Waals surface area contributed by atoms with E-state index in [1.54, 1.807) is 12.1 Å². The normalized spacial score (nSPS) is 12.2. The lowest BCUT2D eigenvalue weighted by molar-refractivity contribution is 0.0690. The summed E-state index contributed by atoms with van der Waals surface area (Å²) in [7, 11) is 0. The van der Waals surface area contributed by atoms with Crippen LogP contribution in [0, 0.1) is 5.92 Å². The summed E-state index contributed by atoms with van der Waals surface area (Å²) in [5, 5.41) is 11.9. The van der Waals surface area contributed by atoms with E-state index in [0.29, 0.717) is 5.92 Å². The third-order valence-electron chi connectivity index (χ3n) is 2.96. The third kappa shape index (κ3) is 3.32. The SMILES string of the molecule is CCC(NC(=O)c1ccccc1C(=O)O)C(C)C. The number of aromatic carboxylic acids is 1. The predicted molar refractivity (Wildman–Crippen MR) is 69.8 cm³/mol. The Balaban J connectivity index is 2.94. The first-order chi connectivity index (χ1) is 8.47. The molecule has 0 radical (unpaired) electrons. The van der Waals surface area contributed by atoms with Crippen molar-refractivity contribution >= 4 is 11.9 Å². The Morgan fingerprint density at radius 1 is 1.22 bits per heavy atom. The van der Waals surface area contributed by atoms with Gasteiger partial charge in [-0.3, -0.25) is 4.79 Å². The van der Waals surface area contributed by atoms with Gasteiger partial charge in [0.25, 0.3) is 5.91 Å². The highest BCUT2D eigenvalue weighted by Gasteiger charge is 2.19. The molecule has 0 aliphatic rings. The lowest BCUT2D eigenvalue weighted by atomic mass is 10.0. The van der Waals surface area contributed by atoms with Crippen molar-refractivity contribution in [3.8, 4) is 0 Å². The maximum atomic E-state index is 12.1. The highest BCUT2D eigenvalue weighted by atomic mass is 16.4. The van der Waals surface area contributed by atoms with Gasteiger partial charge in [-0.1, -0.05) is 32.9 Å². The van der Waals surface area contributed by atoms with Crippen molar-refractivity contribution in [3.05, 3.63) is 35.4 Å². The molecule has 0 spiro atoms. The summed E-state index contributed by atoms with van der Waals surface area (Å²) >= 11 is 0. The number of nitrogens with one attached hydrogen (secondary N) is 1. The molecule has 98 valence electrons. The molecular formula is C14H19NO3. The van der Waals surface area contributed by atoms with Gasteiger partial charge in [0.15, 0.2) is 0 Å². The summed E-state index contributed by atoms with van der Waals surface area (Å²) in [5.74, 6) is -1.09. The molecule has 1 amide bonds. The van der Waals surface area contributed by atoms with E-state index in [-0.39, 0.29) is 23.1 Å². The van der Waals surface area contributed by atoms with Gasteiger partial charge in [0.2, 0.25) is 0 Å². The third-order valence-corrected chi connectivity index (χ3v) is 2.96. The number of carboxylic acids is 1. The largest absolute Gasteiger partial charge is 0.478 e. The highest BCUT2D eigenvalue weighted by molar-refractivity contribution is 6.04. The average Bonchev–Trinajstić information content (AvgIpc) is 2.35. The molecule has 0 aliphatic carbocycles. The Kier molecular flexibility index (Phi) is 4.89. The van der Waals surface area contributed by atoms with Crippen LogP contribution in [0.1, 0.15) is 47.9 Å². The minimum atomic E-state index is -1.08. The van der Waals surface area contributed by atoms with Crippen LogP contribution in [-0.4, -0.2) is 23.0 Å². The van der Waals surface area contributed by atoms with Gasteiger partial charge >= 0.3 is 5.97 Å². The fourth-order valence-corrected chi connectivity index (χ4v) is 1.85. The van der Waals surface area contributed by atoms with Gasteiger partial charge in [-0.2, -0.15) is 0 Å². The highest BCUT2D eigenvalue weighted by Crippen LogP contribution is 2.11. The van der Waals surface area contributed by atoms with Crippen LogP contribution in [0.2, 0.25) is 0 Å². The maximum Gasteiger partial charge on any atom is 0.336 e. The van der Waals surface area contributed by atoms with Crippen molar-refractivity contribution in [2.45, 2.75) is 33.2 Å². The minimum Gasteiger partial charge on any atom is -0.478 e. The van der Waals surface area contributed by atoms with Crippen molar-refractivity contribution in [3.63, 3.8) is 0 Å². The molecule has 1 aromatic carbocycles. The molecule has 0 fully saturated rings. The molecule has 0 heterocycles. The molecule has 0 aliphatic heterocycles. The monoisotopic (exact) mass is 249 g/mol. The van der Waals surface area contributed by atoms with Gasteiger partial charge in [0, 0.05) is 6.04 Å². The maximum absolute atomic E-state index is 12.1. The van der Waals surface area contributed by atoms with Crippen LogP contribution in [0.25, 0.3) is 0 Å². The first-order valence-electron chi connectivity index (χ1n) is 6.10. The van der Waals surface area contributed by atoms with Crippen molar-refractivity contribution in [2.24, 2.45) is 5.92 Å². The van der Waals surface area contributed by atoms with Crippen LogP contribution in [0.5, 0.6) is 0 Å². The first kappa shape index (κ1) is 14.2. The molecule has 18 heavy (non-hydrogen) atoms. The lowest BCUT2D eigenvalue weighted by Crippen LogP contribution is -2.38. The fraction of sp³-hybridized carbons (Fsp3) is 0.429. The van der Waals surface area contributed by atoms with E-state index in [9.17, 15) is 9.59 Å². The number of benzene rings is 1. The summed E-state index contributed by atoms with van der Waals surface area (Å²) in [6, 6.07) is 6.30. The summed E-state index contributed by atoms with van der Waals surface area (Å²) in [6.07, 6.45) is 0.818. The molecule has 1 aromatic rings. The molecule has 1 rings (SSSR count). The van der Waals surface area contributed by atoms with E-state index >= 15 is 0 Å². The molecular weight excluding hydrogens is 230 g/mol. The minimum absolute atomic E-state index is 0.0357. The van der Waals surface area contributed by atoms with E-state index in [1.807, 2.05) is 20.8 Å². The zero-order valence-electron chi connectivity index (χ0n) is 10.9. The molecule has 0 bridgehead atoms. The average molecular weight is 249 g/mol. The summed E-state index contributed by atoms with van der Waals surface area (Å²) in [5.41, 5.74) is 0.248. The smallest absolute Gasteiger partial charge is 0.336 e. The molecule has 4 nitrogen and oxygen atoms in total. The number of rotatable bonds is 5. The van der Waals surface area contributed by atoms with Gasteiger partial charge in [-0.15, -0.1) is 0 Å². The number of carbonyl (C=O) groups is 2. The second-order valence-corrected chi connectivity index (χ2v) is 4.58. The van der Waals surface area contributed by atoms with Crippen LogP contribution in [0.4, 0.5) is 0 Å². The first-order valence-corrected chi connectivity index (χ1v) is 6.10. The van der Waals surface area contributed by atoms with E-state index < -0.39 is 5.97 Å². The van der Waals surface area contributed by atoms with Crippen LogP contribution >= 0.6 is 0 Å². The summed E-state index contributed by atoms with van der Waals surface area (Å²) in [6.45, 7) is 6.04. The number of carboxylic acid groups (broad SMARTS) is 1. The molecule has 0 saturated carbocycles. The van der Waals surface area contributed by atoms with Crippen LogP contribution in [-0.2, 0) is 0 Å².